The highest BCUT2D eigenvalue weighted by Crippen LogP contribution is 2.45. The van der Waals surface area contributed by atoms with E-state index in [4.69, 9.17) is 0 Å². The largest absolute Gasteiger partial charge is 0.354 e. The second-order valence-electron chi connectivity index (χ2n) is 8.69. The van der Waals surface area contributed by atoms with Gasteiger partial charge in [0.25, 0.3) is 5.91 Å². The van der Waals surface area contributed by atoms with Gasteiger partial charge in [-0.25, -0.2) is 4.39 Å². The van der Waals surface area contributed by atoms with Gasteiger partial charge in [-0.05, 0) is 59.5 Å². The number of nitrogens with one attached hydrogen (secondary N) is 1. The topological polar surface area (TPSA) is 36.1 Å². The van der Waals surface area contributed by atoms with Gasteiger partial charge in [0.2, 0.25) is 0 Å². The Labute approximate surface area is 197 Å². The molecule has 5 aromatic rings. The number of para-hydroxylation sites is 1. The van der Waals surface area contributed by atoms with Crippen LogP contribution in [0.25, 0.3) is 22.2 Å². The lowest BCUT2D eigenvalue weighted by Gasteiger charge is -2.27. The summed E-state index contributed by atoms with van der Waals surface area (Å²) in [4.78, 5) is 19.2. The molecule has 4 aromatic carbocycles. The van der Waals surface area contributed by atoms with Crippen molar-refractivity contribution in [3.05, 3.63) is 131 Å². The molecule has 3 nitrogen and oxygen atoms in total. The molecule has 1 unspecified atom stereocenters. The first-order valence-electron chi connectivity index (χ1n) is 11.5. The molecule has 0 spiro atoms. The molecule has 2 heterocycles. The van der Waals surface area contributed by atoms with E-state index in [1.54, 1.807) is 12.1 Å². The van der Waals surface area contributed by atoms with E-state index >= 15 is 0 Å². The maximum Gasteiger partial charge on any atom is 0.255 e. The monoisotopic (exact) mass is 446 g/mol. The van der Waals surface area contributed by atoms with Crippen LogP contribution in [0.1, 0.15) is 33.1 Å². The van der Waals surface area contributed by atoms with Crippen LogP contribution in [0, 0.1) is 5.82 Å². The Morgan fingerprint density at radius 2 is 1.50 bits per heavy atom. The molecule has 166 valence electrons. The third-order valence-corrected chi connectivity index (χ3v) is 6.70. The van der Waals surface area contributed by atoms with Crippen molar-refractivity contribution in [1.29, 1.82) is 0 Å². The number of H-pyrrole nitrogens is 1. The first-order valence-corrected chi connectivity index (χ1v) is 11.5. The number of halogens is 1. The minimum absolute atomic E-state index is 0.0480. The van der Waals surface area contributed by atoms with Crippen LogP contribution in [-0.2, 0) is 6.42 Å². The fourth-order valence-corrected chi connectivity index (χ4v) is 5.10. The SMILES string of the molecule is O=C1c2ccccc2C(c2c(-c3ccc(F)cc3)[nH]c3ccccc23)N1CCc1ccccc1. The van der Waals surface area contributed by atoms with Crippen LogP contribution in [0.4, 0.5) is 4.39 Å². The van der Waals surface area contributed by atoms with Gasteiger partial charge in [-0.3, -0.25) is 4.79 Å². The molecule has 0 saturated heterocycles. The fourth-order valence-electron chi connectivity index (χ4n) is 5.10. The molecule has 6 rings (SSSR count). The van der Waals surface area contributed by atoms with E-state index in [-0.39, 0.29) is 17.8 Å². The predicted octanol–water partition coefficient (Wildman–Crippen LogP) is 6.76. The highest BCUT2D eigenvalue weighted by atomic mass is 19.1. The zero-order valence-corrected chi connectivity index (χ0v) is 18.5. The molecule has 0 aliphatic carbocycles. The number of aromatic amines is 1. The predicted molar refractivity (Wildman–Crippen MR) is 133 cm³/mol. The van der Waals surface area contributed by atoms with Gasteiger partial charge in [-0.1, -0.05) is 66.7 Å². The summed E-state index contributed by atoms with van der Waals surface area (Å²) in [6, 6.07) is 32.6. The lowest BCUT2D eigenvalue weighted by atomic mass is 9.93. The Kier molecular flexibility index (Phi) is 4.99. The first kappa shape index (κ1) is 20.4. The molecule has 34 heavy (non-hydrogen) atoms. The van der Waals surface area contributed by atoms with E-state index in [0.29, 0.717) is 6.54 Å². The molecule has 1 aliphatic rings. The highest BCUT2D eigenvalue weighted by Gasteiger charge is 2.39. The number of carbonyl (C=O) groups is 1. The number of fused-ring (bicyclic) bond motifs is 2. The maximum absolute atomic E-state index is 13.7. The van der Waals surface area contributed by atoms with E-state index in [9.17, 15) is 9.18 Å². The lowest BCUT2D eigenvalue weighted by molar-refractivity contribution is 0.0753. The van der Waals surface area contributed by atoms with Crippen LogP contribution in [0.2, 0.25) is 0 Å². The van der Waals surface area contributed by atoms with Crippen molar-refractivity contribution in [3.63, 3.8) is 0 Å². The van der Waals surface area contributed by atoms with E-state index in [1.165, 1.54) is 17.7 Å². The molecule has 0 fully saturated rings. The van der Waals surface area contributed by atoms with Crippen LogP contribution < -0.4 is 0 Å². The first-order chi connectivity index (χ1) is 16.7. The Morgan fingerprint density at radius 3 is 2.32 bits per heavy atom. The number of hydrogen-bond acceptors (Lipinski definition) is 1. The Bertz CT molecular complexity index is 1490. The zero-order chi connectivity index (χ0) is 23.1. The molecule has 0 bridgehead atoms. The van der Waals surface area contributed by atoms with Crippen LogP contribution in [-0.4, -0.2) is 22.3 Å². The number of benzene rings is 4. The van der Waals surface area contributed by atoms with E-state index in [0.717, 1.165) is 45.3 Å². The van der Waals surface area contributed by atoms with Gasteiger partial charge in [0.05, 0.1) is 11.7 Å². The second-order valence-corrected chi connectivity index (χ2v) is 8.69. The Hall–Kier alpha value is -4.18. The van der Waals surface area contributed by atoms with Gasteiger partial charge in [-0.15, -0.1) is 0 Å². The maximum atomic E-state index is 13.7. The zero-order valence-electron chi connectivity index (χ0n) is 18.5. The summed E-state index contributed by atoms with van der Waals surface area (Å²) in [6.07, 6.45) is 0.769. The summed E-state index contributed by atoms with van der Waals surface area (Å²) >= 11 is 0. The van der Waals surface area contributed by atoms with Gasteiger partial charge in [0.1, 0.15) is 5.82 Å². The number of rotatable bonds is 5. The lowest BCUT2D eigenvalue weighted by Crippen LogP contribution is -2.31. The van der Waals surface area contributed by atoms with Crippen molar-refractivity contribution in [2.75, 3.05) is 6.54 Å². The number of hydrogen-bond donors (Lipinski definition) is 1. The van der Waals surface area contributed by atoms with Gasteiger partial charge >= 0.3 is 0 Å². The van der Waals surface area contributed by atoms with E-state index in [1.807, 2.05) is 59.5 Å². The van der Waals surface area contributed by atoms with Crippen molar-refractivity contribution in [2.45, 2.75) is 12.5 Å². The van der Waals surface area contributed by atoms with Gasteiger partial charge < -0.3 is 9.88 Å². The van der Waals surface area contributed by atoms with Crippen molar-refractivity contribution < 1.29 is 9.18 Å². The quantitative estimate of drug-likeness (QED) is 0.318. The second kappa shape index (κ2) is 8.31. The summed E-state index contributed by atoms with van der Waals surface area (Å²) in [5.74, 6) is -0.223. The smallest absolute Gasteiger partial charge is 0.255 e. The average molecular weight is 447 g/mol. The van der Waals surface area contributed by atoms with Crippen LogP contribution in [0.5, 0.6) is 0 Å². The number of amides is 1. The molecular formula is C30H23FN2O. The minimum atomic E-state index is -0.271. The molecule has 1 aliphatic heterocycles. The third-order valence-electron chi connectivity index (χ3n) is 6.70. The number of carbonyl (C=O) groups excluding carboxylic acids is 1. The molecule has 1 amide bonds. The molecule has 4 heteroatoms. The average Bonchev–Trinajstić information content (AvgIpc) is 3.39. The number of aromatic nitrogens is 1. The summed E-state index contributed by atoms with van der Waals surface area (Å²) in [7, 11) is 0. The van der Waals surface area contributed by atoms with E-state index < -0.39 is 0 Å². The van der Waals surface area contributed by atoms with Crippen molar-refractivity contribution >= 4 is 16.8 Å². The van der Waals surface area contributed by atoms with Gasteiger partial charge in [0.15, 0.2) is 0 Å². The normalized spacial score (nSPS) is 15.1. The summed E-state index contributed by atoms with van der Waals surface area (Å²) in [5.41, 5.74) is 6.81. The summed E-state index contributed by atoms with van der Waals surface area (Å²) in [5, 5.41) is 1.07. The molecule has 1 N–H and O–H groups in total. The van der Waals surface area contributed by atoms with Crippen molar-refractivity contribution in [2.24, 2.45) is 0 Å². The molecule has 1 atom stereocenters. The van der Waals surface area contributed by atoms with Crippen LogP contribution in [0.15, 0.2) is 103 Å². The molecule has 1 aromatic heterocycles. The van der Waals surface area contributed by atoms with Gasteiger partial charge in [0, 0.05) is 28.6 Å². The van der Waals surface area contributed by atoms with Crippen molar-refractivity contribution in [3.8, 4) is 11.3 Å². The minimum Gasteiger partial charge on any atom is -0.354 e. The highest BCUT2D eigenvalue weighted by molar-refractivity contribution is 6.02. The third kappa shape index (κ3) is 3.39. The van der Waals surface area contributed by atoms with Crippen LogP contribution in [0.3, 0.4) is 0 Å². The summed E-state index contributed by atoms with van der Waals surface area (Å²) in [6.45, 7) is 0.602. The fraction of sp³-hybridized carbons (Fsp3) is 0.100. The molecule has 0 saturated carbocycles. The number of nitrogens with zero attached hydrogens (tertiary/aromatic N) is 1. The van der Waals surface area contributed by atoms with Gasteiger partial charge in [-0.2, -0.15) is 0 Å². The standard InChI is InChI=1S/C30H23FN2O/c31-22-16-14-21(15-17-22)28-27(25-12-6-7-13-26(25)32-28)29-23-10-4-5-11-24(23)30(34)33(29)19-18-20-8-2-1-3-9-20/h1-17,29,32H,18-19H2. The Balaban J connectivity index is 1.53. The summed E-state index contributed by atoms with van der Waals surface area (Å²) < 4.78 is 13.7. The van der Waals surface area contributed by atoms with Crippen LogP contribution >= 0.6 is 0 Å². The Morgan fingerprint density at radius 1 is 0.794 bits per heavy atom. The molecular weight excluding hydrogens is 423 g/mol. The molecule has 0 radical (unpaired) electrons. The van der Waals surface area contributed by atoms with E-state index in [2.05, 4.69) is 29.2 Å². The van der Waals surface area contributed by atoms with Crippen molar-refractivity contribution in [1.82, 2.24) is 9.88 Å².